The zero-order valence-electron chi connectivity index (χ0n) is 13.1. The van der Waals surface area contributed by atoms with Gasteiger partial charge in [-0.15, -0.1) is 0 Å². The molecule has 0 aliphatic carbocycles. The fraction of sp³-hybridized carbons (Fsp3) is 0.222. The first-order valence-corrected chi connectivity index (χ1v) is 7.55. The third-order valence-corrected chi connectivity index (χ3v) is 3.39. The highest BCUT2D eigenvalue weighted by Gasteiger charge is 2.10. The van der Waals surface area contributed by atoms with Crippen LogP contribution in [-0.4, -0.2) is 35.2 Å². The highest BCUT2D eigenvalue weighted by atomic mass is 16.5. The Balaban J connectivity index is 1.48. The number of rotatable bonds is 7. The lowest BCUT2D eigenvalue weighted by molar-refractivity contribution is 0.213. The summed E-state index contributed by atoms with van der Waals surface area (Å²) in [5.41, 5.74) is 0.956. The predicted molar refractivity (Wildman–Crippen MR) is 88.0 cm³/mol. The van der Waals surface area contributed by atoms with Gasteiger partial charge < -0.3 is 9.26 Å². The summed E-state index contributed by atoms with van der Waals surface area (Å²) in [6, 6.07) is 19.6. The number of ether oxygens (including phenoxy) is 1. The molecular formula is C18H19N3O2. The van der Waals surface area contributed by atoms with E-state index >= 15 is 0 Å². The Morgan fingerprint density at radius 1 is 1.00 bits per heavy atom. The van der Waals surface area contributed by atoms with E-state index in [1.807, 2.05) is 67.7 Å². The maximum absolute atomic E-state index is 5.68. The summed E-state index contributed by atoms with van der Waals surface area (Å²) in [5, 5.41) is 4.02. The maximum Gasteiger partial charge on any atom is 0.241 e. The van der Waals surface area contributed by atoms with E-state index in [0.717, 1.165) is 17.9 Å². The highest BCUT2D eigenvalue weighted by molar-refractivity contribution is 5.53. The molecule has 1 heterocycles. The van der Waals surface area contributed by atoms with Crippen molar-refractivity contribution in [2.45, 2.75) is 6.54 Å². The summed E-state index contributed by atoms with van der Waals surface area (Å²) in [4.78, 5) is 6.51. The van der Waals surface area contributed by atoms with E-state index in [2.05, 4.69) is 15.0 Å². The van der Waals surface area contributed by atoms with Crippen LogP contribution in [0.1, 0.15) is 5.89 Å². The first kappa shape index (κ1) is 15.2. The second-order valence-corrected chi connectivity index (χ2v) is 5.28. The molecule has 0 unspecified atom stereocenters. The summed E-state index contributed by atoms with van der Waals surface area (Å²) in [5.74, 6) is 2.10. The highest BCUT2D eigenvalue weighted by Crippen LogP contribution is 2.15. The van der Waals surface area contributed by atoms with Gasteiger partial charge in [0.05, 0.1) is 6.54 Å². The smallest absolute Gasteiger partial charge is 0.241 e. The second-order valence-electron chi connectivity index (χ2n) is 5.28. The lowest BCUT2D eigenvalue weighted by Gasteiger charge is -2.14. The van der Waals surface area contributed by atoms with Gasteiger partial charge in [-0.05, 0) is 19.2 Å². The molecule has 5 heteroatoms. The number of hydrogen-bond acceptors (Lipinski definition) is 5. The second kappa shape index (κ2) is 7.56. The Morgan fingerprint density at radius 2 is 1.70 bits per heavy atom. The SMILES string of the molecule is CN(CCOc1ccccc1)Cc1nc(-c2ccccc2)no1. The minimum Gasteiger partial charge on any atom is -0.492 e. The van der Waals surface area contributed by atoms with Gasteiger partial charge >= 0.3 is 0 Å². The van der Waals surface area contributed by atoms with Crippen LogP contribution in [0.3, 0.4) is 0 Å². The van der Waals surface area contributed by atoms with Crippen LogP contribution in [0.2, 0.25) is 0 Å². The normalized spacial score (nSPS) is 10.9. The van der Waals surface area contributed by atoms with Gasteiger partial charge in [-0.25, -0.2) is 0 Å². The molecule has 0 atom stereocenters. The molecule has 0 bridgehead atoms. The molecule has 0 saturated heterocycles. The van der Waals surface area contributed by atoms with Gasteiger partial charge in [-0.1, -0.05) is 53.7 Å². The van der Waals surface area contributed by atoms with Gasteiger partial charge in [-0.2, -0.15) is 4.98 Å². The summed E-state index contributed by atoms with van der Waals surface area (Å²) in [6.45, 7) is 1.98. The summed E-state index contributed by atoms with van der Waals surface area (Å²) in [6.07, 6.45) is 0. The number of benzene rings is 2. The van der Waals surface area contributed by atoms with E-state index < -0.39 is 0 Å². The Hall–Kier alpha value is -2.66. The van der Waals surface area contributed by atoms with E-state index in [1.165, 1.54) is 0 Å². The van der Waals surface area contributed by atoms with E-state index in [4.69, 9.17) is 9.26 Å². The van der Waals surface area contributed by atoms with Gasteiger partial charge in [0.2, 0.25) is 11.7 Å². The van der Waals surface area contributed by atoms with Gasteiger partial charge in [0.25, 0.3) is 0 Å². The lowest BCUT2D eigenvalue weighted by atomic mass is 10.2. The van der Waals surface area contributed by atoms with Crippen molar-refractivity contribution in [3.8, 4) is 17.1 Å². The van der Waals surface area contributed by atoms with Crippen LogP contribution < -0.4 is 4.74 Å². The number of aromatic nitrogens is 2. The molecule has 2 aromatic carbocycles. The summed E-state index contributed by atoms with van der Waals surface area (Å²) in [7, 11) is 2.00. The zero-order valence-corrected chi connectivity index (χ0v) is 13.1. The van der Waals surface area contributed by atoms with Crippen molar-refractivity contribution in [2.24, 2.45) is 0 Å². The van der Waals surface area contributed by atoms with Crippen molar-refractivity contribution in [3.05, 3.63) is 66.6 Å². The molecule has 3 aromatic rings. The maximum atomic E-state index is 5.68. The molecule has 0 aliphatic rings. The third-order valence-electron chi connectivity index (χ3n) is 3.39. The van der Waals surface area contributed by atoms with Crippen LogP contribution >= 0.6 is 0 Å². The van der Waals surface area contributed by atoms with Crippen molar-refractivity contribution in [1.82, 2.24) is 15.0 Å². The van der Waals surface area contributed by atoms with E-state index in [-0.39, 0.29) is 0 Å². The molecule has 5 nitrogen and oxygen atoms in total. The van der Waals surface area contributed by atoms with Crippen LogP contribution in [0.4, 0.5) is 0 Å². The zero-order chi connectivity index (χ0) is 15.9. The molecule has 0 spiro atoms. The van der Waals surface area contributed by atoms with E-state index in [9.17, 15) is 0 Å². The first-order valence-electron chi connectivity index (χ1n) is 7.55. The topological polar surface area (TPSA) is 51.4 Å². The van der Waals surface area contributed by atoms with Crippen LogP contribution in [0.5, 0.6) is 5.75 Å². The third kappa shape index (κ3) is 4.40. The Morgan fingerprint density at radius 3 is 2.43 bits per heavy atom. The summed E-state index contributed by atoms with van der Waals surface area (Å²) < 4.78 is 11.0. The van der Waals surface area contributed by atoms with Crippen LogP contribution in [0.15, 0.2) is 65.2 Å². The minimum atomic E-state index is 0.595. The predicted octanol–water partition coefficient (Wildman–Crippen LogP) is 3.25. The molecule has 1 aromatic heterocycles. The van der Waals surface area contributed by atoms with Crippen LogP contribution in [-0.2, 0) is 6.54 Å². The molecule has 118 valence electrons. The van der Waals surface area contributed by atoms with Gasteiger partial charge in [0.15, 0.2) is 0 Å². The first-order chi connectivity index (χ1) is 11.3. The Bertz CT molecular complexity index is 713. The number of nitrogens with zero attached hydrogens (tertiary/aromatic N) is 3. The average Bonchev–Trinajstić information content (AvgIpc) is 3.05. The molecule has 23 heavy (non-hydrogen) atoms. The Labute approximate surface area is 135 Å². The summed E-state index contributed by atoms with van der Waals surface area (Å²) >= 11 is 0. The number of para-hydroxylation sites is 1. The van der Waals surface area contributed by atoms with E-state index in [1.54, 1.807) is 0 Å². The molecule has 0 radical (unpaired) electrons. The van der Waals surface area contributed by atoms with Gasteiger partial charge in [0.1, 0.15) is 12.4 Å². The number of likely N-dealkylation sites (N-methyl/N-ethyl adjacent to an activating group) is 1. The van der Waals surface area contributed by atoms with Crippen molar-refractivity contribution in [1.29, 1.82) is 0 Å². The van der Waals surface area contributed by atoms with Crippen molar-refractivity contribution in [2.75, 3.05) is 20.2 Å². The molecule has 0 N–H and O–H groups in total. The van der Waals surface area contributed by atoms with E-state index in [0.29, 0.717) is 24.9 Å². The fourth-order valence-electron chi connectivity index (χ4n) is 2.17. The van der Waals surface area contributed by atoms with Crippen molar-refractivity contribution in [3.63, 3.8) is 0 Å². The molecule has 3 rings (SSSR count). The molecule has 0 saturated carbocycles. The molecule has 0 fully saturated rings. The molecular weight excluding hydrogens is 290 g/mol. The van der Waals surface area contributed by atoms with Gasteiger partial charge in [-0.3, -0.25) is 4.90 Å². The van der Waals surface area contributed by atoms with Crippen LogP contribution in [0, 0.1) is 0 Å². The van der Waals surface area contributed by atoms with Crippen molar-refractivity contribution < 1.29 is 9.26 Å². The molecule has 0 aliphatic heterocycles. The average molecular weight is 309 g/mol. The lowest BCUT2D eigenvalue weighted by Crippen LogP contribution is -2.24. The standard InChI is InChI=1S/C18H19N3O2/c1-21(12-13-22-16-10-6-3-7-11-16)14-17-19-18(20-23-17)15-8-4-2-5-9-15/h2-11H,12-14H2,1H3. The van der Waals surface area contributed by atoms with Crippen LogP contribution in [0.25, 0.3) is 11.4 Å². The largest absolute Gasteiger partial charge is 0.492 e. The fourth-order valence-corrected chi connectivity index (χ4v) is 2.17. The molecule has 0 amide bonds. The van der Waals surface area contributed by atoms with Crippen molar-refractivity contribution >= 4 is 0 Å². The monoisotopic (exact) mass is 309 g/mol. The number of hydrogen-bond donors (Lipinski definition) is 0. The quantitative estimate of drug-likeness (QED) is 0.670. The van der Waals surface area contributed by atoms with Gasteiger partial charge in [0, 0.05) is 12.1 Å². The Kier molecular flexibility index (Phi) is 5.01. The minimum absolute atomic E-state index is 0.595.